The molecule has 0 aliphatic heterocycles. The Kier molecular flexibility index (Phi) is 4.10. The predicted molar refractivity (Wildman–Crippen MR) is 77.4 cm³/mol. The van der Waals surface area contributed by atoms with Crippen molar-refractivity contribution >= 4 is 32.8 Å². The van der Waals surface area contributed by atoms with Gasteiger partial charge in [0.25, 0.3) is 0 Å². The third kappa shape index (κ3) is 3.58. The Balaban J connectivity index is 2.19. The second kappa shape index (κ2) is 5.64. The van der Waals surface area contributed by atoms with Crippen LogP contribution in [0.25, 0.3) is 0 Å². The molecule has 0 saturated carbocycles. The third-order valence-corrected chi connectivity index (χ3v) is 4.46. The van der Waals surface area contributed by atoms with Crippen LogP contribution in [0.4, 0.5) is 5.69 Å². The number of hydrogen-bond donors (Lipinski definition) is 1. The Bertz CT molecular complexity index is 721. The molecule has 2 rings (SSSR count). The maximum atomic E-state index is 11.9. The van der Waals surface area contributed by atoms with Gasteiger partial charge >= 0.3 is 5.97 Å². The van der Waals surface area contributed by atoms with E-state index >= 15 is 0 Å². The van der Waals surface area contributed by atoms with E-state index in [-0.39, 0.29) is 22.8 Å². The van der Waals surface area contributed by atoms with Crippen molar-refractivity contribution in [2.75, 3.05) is 12.0 Å². The monoisotopic (exact) mass is 311 g/mol. The number of carbonyl (C=O) groups excluding carboxylic acids is 1. The van der Waals surface area contributed by atoms with Crippen LogP contribution in [0.3, 0.4) is 0 Å². The molecule has 1 aromatic carbocycles. The standard InChI is InChI=1S/C13H13NO4S2/c1-20(16,17)12-6-9(5-10(14)7-12)13(15)18-8-11-3-2-4-19-11/h2-7H,8,14H2,1H3. The van der Waals surface area contributed by atoms with Crippen molar-refractivity contribution in [3.05, 3.63) is 46.2 Å². The lowest BCUT2D eigenvalue weighted by molar-refractivity contribution is 0.0476. The number of hydrogen-bond acceptors (Lipinski definition) is 6. The first-order valence-electron chi connectivity index (χ1n) is 5.66. The van der Waals surface area contributed by atoms with Gasteiger partial charge < -0.3 is 10.5 Å². The number of nitrogens with two attached hydrogens (primary N) is 1. The summed E-state index contributed by atoms with van der Waals surface area (Å²) in [5.41, 5.74) is 5.95. The van der Waals surface area contributed by atoms with Gasteiger partial charge in [-0.2, -0.15) is 0 Å². The molecule has 0 aliphatic carbocycles. The molecule has 1 aromatic heterocycles. The number of esters is 1. The molecule has 2 aromatic rings. The molecule has 20 heavy (non-hydrogen) atoms. The number of carbonyl (C=O) groups is 1. The minimum absolute atomic E-state index is 0.000531. The molecule has 2 N–H and O–H groups in total. The van der Waals surface area contributed by atoms with Crippen LogP contribution in [0.1, 0.15) is 15.2 Å². The third-order valence-electron chi connectivity index (χ3n) is 2.52. The van der Waals surface area contributed by atoms with E-state index in [0.29, 0.717) is 0 Å². The molecule has 7 heteroatoms. The van der Waals surface area contributed by atoms with Crippen molar-refractivity contribution in [2.45, 2.75) is 11.5 Å². The second-order valence-corrected chi connectivity index (χ2v) is 7.27. The lowest BCUT2D eigenvalue weighted by Gasteiger charge is -2.06. The molecule has 0 spiro atoms. The number of sulfone groups is 1. The van der Waals surface area contributed by atoms with Crippen LogP contribution in [0.2, 0.25) is 0 Å². The van der Waals surface area contributed by atoms with Crippen molar-refractivity contribution in [3.63, 3.8) is 0 Å². The van der Waals surface area contributed by atoms with Gasteiger partial charge in [-0.25, -0.2) is 13.2 Å². The summed E-state index contributed by atoms with van der Waals surface area (Å²) in [6.07, 6.45) is 1.06. The van der Waals surface area contributed by atoms with Crippen LogP contribution >= 0.6 is 11.3 Å². The summed E-state index contributed by atoms with van der Waals surface area (Å²) in [4.78, 5) is 12.8. The smallest absolute Gasteiger partial charge is 0.338 e. The molecule has 5 nitrogen and oxygen atoms in total. The van der Waals surface area contributed by atoms with Gasteiger partial charge in [0.15, 0.2) is 9.84 Å². The molecule has 0 radical (unpaired) electrons. The fourth-order valence-electron chi connectivity index (χ4n) is 1.57. The molecule has 0 aliphatic rings. The zero-order valence-corrected chi connectivity index (χ0v) is 12.3. The van der Waals surface area contributed by atoms with Crippen LogP contribution in [0, 0.1) is 0 Å². The summed E-state index contributed by atoms with van der Waals surface area (Å²) in [7, 11) is -3.43. The van der Waals surface area contributed by atoms with Crippen molar-refractivity contribution in [1.29, 1.82) is 0 Å². The summed E-state index contributed by atoms with van der Waals surface area (Å²) >= 11 is 1.47. The first-order chi connectivity index (χ1) is 9.36. The van der Waals surface area contributed by atoms with E-state index in [1.165, 1.54) is 29.5 Å². The average molecular weight is 311 g/mol. The lowest BCUT2D eigenvalue weighted by atomic mass is 10.2. The molecular weight excluding hydrogens is 298 g/mol. The molecular formula is C13H13NO4S2. The number of thiophene rings is 1. The molecule has 0 unspecified atom stereocenters. The van der Waals surface area contributed by atoms with E-state index in [4.69, 9.17) is 10.5 Å². The van der Waals surface area contributed by atoms with Gasteiger partial charge in [0, 0.05) is 16.8 Å². The molecule has 106 valence electrons. The number of ether oxygens (including phenoxy) is 1. The van der Waals surface area contributed by atoms with Crippen molar-refractivity contribution in [3.8, 4) is 0 Å². The summed E-state index contributed by atoms with van der Waals surface area (Å²) in [5.74, 6) is -0.601. The van der Waals surface area contributed by atoms with E-state index in [0.717, 1.165) is 11.1 Å². The van der Waals surface area contributed by atoms with E-state index in [9.17, 15) is 13.2 Å². The number of rotatable bonds is 4. The minimum Gasteiger partial charge on any atom is -0.456 e. The minimum atomic E-state index is -3.43. The highest BCUT2D eigenvalue weighted by atomic mass is 32.2. The Morgan fingerprint density at radius 3 is 2.70 bits per heavy atom. The summed E-state index contributed by atoms with van der Waals surface area (Å²) in [5, 5.41) is 1.88. The lowest BCUT2D eigenvalue weighted by Crippen LogP contribution is -2.08. The van der Waals surface area contributed by atoms with Crippen molar-refractivity contribution in [1.82, 2.24) is 0 Å². The fourth-order valence-corrected chi connectivity index (χ4v) is 2.88. The zero-order valence-electron chi connectivity index (χ0n) is 10.7. The maximum Gasteiger partial charge on any atom is 0.338 e. The highest BCUT2D eigenvalue weighted by Gasteiger charge is 2.14. The normalized spacial score (nSPS) is 11.2. The summed E-state index contributed by atoms with van der Waals surface area (Å²) < 4.78 is 28.1. The highest BCUT2D eigenvalue weighted by molar-refractivity contribution is 7.90. The maximum absolute atomic E-state index is 11.9. The predicted octanol–water partition coefficient (Wildman–Crippen LogP) is 2.09. The van der Waals surface area contributed by atoms with E-state index in [1.54, 1.807) is 0 Å². The van der Waals surface area contributed by atoms with Crippen LogP contribution in [0.15, 0.2) is 40.6 Å². The van der Waals surface area contributed by atoms with Crippen molar-refractivity contribution < 1.29 is 17.9 Å². The SMILES string of the molecule is CS(=O)(=O)c1cc(N)cc(C(=O)OCc2cccs2)c1. The molecule has 0 atom stereocenters. The van der Waals surface area contributed by atoms with E-state index < -0.39 is 15.8 Å². The Labute approximate surface area is 120 Å². The largest absolute Gasteiger partial charge is 0.456 e. The molecule has 0 saturated heterocycles. The molecule has 0 amide bonds. The Morgan fingerprint density at radius 1 is 1.35 bits per heavy atom. The summed E-state index contributed by atoms with van der Waals surface area (Å²) in [6, 6.07) is 7.68. The van der Waals surface area contributed by atoms with Gasteiger partial charge in [-0.05, 0) is 29.6 Å². The van der Waals surface area contributed by atoms with Crippen LogP contribution in [-0.2, 0) is 21.2 Å². The highest BCUT2D eigenvalue weighted by Crippen LogP contribution is 2.18. The van der Waals surface area contributed by atoms with Crippen LogP contribution in [-0.4, -0.2) is 20.6 Å². The van der Waals surface area contributed by atoms with Crippen LogP contribution in [0.5, 0.6) is 0 Å². The average Bonchev–Trinajstić information content (AvgIpc) is 2.87. The summed E-state index contributed by atoms with van der Waals surface area (Å²) in [6.45, 7) is 0.152. The molecule has 0 bridgehead atoms. The fraction of sp³-hybridized carbons (Fsp3) is 0.154. The van der Waals surface area contributed by atoms with Gasteiger partial charge in [0.2, 0.25) is 0 Å². The Hall–Kier alpha value is -1.86. The van der Waals surface area contributed by atoms with Gasteiger partial charge in [-0.1, -0.05) is 6.07 Å². The zero-order chi connectivity index (χ0) is 14.8. The van der Waals surface area contributed by atoms with Gasteiger partial charge in [-0.15, -0.1) is 11.3 Å². The van der Waals surface area contributed by atoms with Crippen LogP contribution < -0.4 is 5.73 Å². The Morgan fingerprint density at radius 2 is 2.10 bits per heavy atom. The molecule has 0 fully saturated rings. The first kappa shape index (κ1) is 14.5. The molecule has 1 heterocycles. The quantitative estimate of drug-likeness (QED) is 0.690. The second-order valence-electron chi connectivity index (χ2n) is 4.22. The van der Waals surface area contributed by atoms with Gasteiger partial charge in [0.05, 0.1) is 10.5 Å². The van der Waals surface area contributed by atoms with Crippen molar-refractivity contribution in [2.24, 2.45) is 0 Å². The van der Waals surface area contributed by atoms with Gasteiger partial charge in [0.1, 0.15) is 6.61 Å². The number of anilines is 1. The number of nitrogen functional groups attached to an aromatic ring is 1. The van der Waals surface area contributed by atoms with Gasteiger partial charge in [-0.3, -0.25) is 0 Å². The number of benzene rings is 1. The van der Waals surface area contributed by atoms with E-state index in [2.05, 4.69) is 0 Å². The first-order valence-corrected chi connectivity index (χ1v) is 8.43. The van der Waals surface area contributed by atoms with E-state index in [1.807, 2.05) is 17.5 Å². The topological polar surface area (TPSA) is 86.5 Å².